The van der Waals surface area contributed by atoms with Gasteiger partial charge in [0.2, 0.25) is 5.88 Å². The van der Waals surface area contributed by atoms with Crippen LogP contribution in [0, 0.1) is 0 Å². The first kappa shape index (κ1) is 12.4. The smallest absolute Gasteiger partial charge is 0.356 e. The predicted octanol–water partition coefficient (Wildman–Crippen LogP) is 3.31. The first-order valence-corrected chi connectivity index (χ1v) is 5.55. The molecule has 1 aromatic heterocycles. The van der Waals surface area contributed by atoms with Crippen LogP contribution in [-0.4, -0.2) is 18.1 Å². The maximum atomic E-state index is 11.3. The van der Waals surface area contributed by atoms with E-state index >= 15 is 0 Å². The third kappa shape index (κ3) is 2.99. The average Bonchev–Trinajstić information content (AvgIpc) is 2.38. The van der Waals surface area contributed by atoms with Crippen molar-refractivity contribution in [3.05, 3.63) is 53.2 Å². The van der Waals surface area contributed by atoms with E-state index in [4.69, 9.17) is 16.3 Å². The Kier molecular flexibility index (Phi) is 3.79. The Morgan fingerprint density at radius 1 is 1.22 bits per heavy atom. The van der Waals surface area contributed by atoms with Gasteiger partial charge in [-0.1, -0.05) is 23.7 Å². The van der Waals surface area contributed by atoms with Crippen molar-refractivity contribution in [2.24, 2.45) is 0 Å². The molecule has 2 rings (SSSR count). The summed E-state index contributed by atoms with van der Waals surface area (Å²) in [7, 11) is 1.30. The Hall–Kier alpha value is -2.07. The predicted molar refractivity (Wildman–Crippen MR) is 67.1 cm³/mol. The number of methoxy groups -OCH3 is 1. The maximum Gasteiger partial charge on any atom is 0.356 e. The summed E-state index contributed by atoms with van der Waals surface area (Å²) in [6, 6.07) is 11.8. The quantitative estimate of drug-likeness (QED) is 0.797. The van der Waals surface area contributed by atoms with Crippen LogP contribution >= 0.6 is 11.6 Å². The number of hydrogen-bond acceptors (Lipinski definition) is 4. The van der Waals surface area contributed by atoms with Crippen LogP contribution in [0.2, 0.25) is 5.02 Å². The van der Waals surface area contributed by atoms with Crippen molar-refractivity contribution in [2.75, 3.05) is 7.11 Å². The molecule has 0 fully saturated rings. The van der Waals surface area contributed by atoms with Gasteiger partial charge >= 0.3 is 5.97 Å². The molecule has 2 aromatic rings. The van der Waals surface area contributed by atoms with Crippen LogP contribution in [0.15, 0.2) is 42.5 Å². The van der Waals surface area contributed by atoms with E-state index in [0.29, 0.717) is 16.7 Å². The minimum absolute atomic E-state index is 0.192. The van der Waals surface area contributed by atoms with Gasteiger partial charge in [-0.2, -0.15) is 0 Å². The van der Waals surface area contributed by atoms with Gasteiger partial charge in [0, 0.05) is 11.1 Å². The summed E-state index contributed by atoms with van der Waals surface area (Å²) in [5.41, 5.74) is 0.192. The normalized spacial score (nSPS) is 9.89. The number of ether oxygens (including phenoxy) is 2. The highest BCUT2D eigenvalue weighted by atomic mass is 35.5. The van der Waals surface area contributed by atoms with E-state index in [0.717, 1.165) is 0 Å². The highest BCUT2D eigenvalue weighted by Gasteiger charge is 2.08. The molecular formula is C13H10ClNO3. The molecule has 0 radical (unpaired) electrons. The minimum Gasteiger partial charge on any atom is -0.464 e. The van der Waals surface area contributed by atoms with Crippen molar-refractivity contribution >= 4 is 17.6 Å². The molecule has 0 unspecified atom stereocenters. The molecule has 18 heavy (non-hydrogen) atoms. The molecule has 5 heteroatoms. The Labute approximate surface area is 109 Å². The monoisotopic (exact) mass is 263 g/mol. The second-order valence-electron chi connectivity index (χ2n) is 3.41. The number of nitrogens with zero attached hydrogens (tertiary/aromatic N) is 1. The van der Waals surface area contributed by atoms with Crippen LogP contribution < -0.4 is 4.74 Å². The summed E-state index contributed by atoms with van der Waals surface area (Å²) >= 11 is 5.84. The molecule has 4 nitrogen and oxygen atoms in total. The molecule has 0 atom stereocenters. The Morgan fingerprint density at radius 3 is 2.72 bits per heavy atom. The van der Waals surface area contributed by atoms with E-state index in [1.54, 1.807) is 42.5 Å². The van der Waals surface area contributed by atoms with Gasteiger partial charge in [-0.3, -0.25) is 0 Å². The van der Waals surface area contributed by atoms with Crippen LogP contribution in [0.25, 0.3) is 0 Å². The van der Waals surface area contributed by atoms with E-state index in [1.165, 1.54) is 7.11 Å². The Balaban J connectivity index is 2.22. The molecule has 1 aromatic carbocycles. The van der Waals surface area contributed by atoms with Gasteiger partial charge in [-0.25, -0.2) is 9.78 Å². The number of rotatable bonds is 3. The van der Waals surface area contributed by atoms with Gasteiger partial charge < -0.3 is 9.47 Å². The second kappa shape index (κ2) is 5.51. The molecule has 0 saturated heterocycles. The van der Waals surface area contributed by atoms with Gasteiger partial charge in [0.15, 0.2) is 5.69 Å². The number of esters is 1. The van der Waals surface area contributed by atoms with Gasteiger partial charge in [-0.05, 0) is 24.3 Å². The number of halogens is 1. The molecule has 0 bridgehead atoms. The SMILES string of the molecule is COC(=O)c1cccc(Oc2cccc(Cl)c2)n1. The zero-order chi connectivity index (χ0) is 13.0. The topological polar surface area (TPSA) is 48.4 Å². The number of aromatic nitrogens is 1. The Morgan fingerprint density at radius 2 is 2.00 bits per heavy atom. The van der Waals surface area contributed by atoms with Gasteiger partial charge in [0.1, 0.15) is 5.75 Å². The zero-order valence-electron chi connectivity index (χ0n) is 9.59. The lowest BCUT2D eigenvalue weighted by molar-refractivity contribution is 0.0593. The summed E-state index contributed by atoms with van der Waals surface area (Å²) < 4.78 is 10.1. The van der Waals surface area contributed by atoms with Crippen LogP contribution in [0.1, 0.15) is 10.5 Å². The lowest BCUT2D eigenvalue weighted by Crippen LogP contribution is -2.04. The molecular weight excluding hydrogens is 254 g/mol. The summed E-state index contributed by atoms with van der Waals surface area (Å²) in [4.78, 5) is 15.3. The average molecular weight is 264 g/mol. The molecule has 92 valence electrons. The summed E-state index contributed by atoms with van der Waals surface area (Å²) in [6.07, 6.45) is 0. The van der Waals surface area contributed by atoms with Crippen molar-refractivity contribution < 1.29 is 14.3 Å². The molecule has 1 heterocycles. The fourth-order valence-corrected chi connectivity index (χ4v) is 1.52. The van der Waals surface area contributed by atoms with Crippen LogP contribution in [0.4, 0.5) is 0 Å². The van der Waals surface area contributed by atoms with E-state index in [9.17, 15) is 4.79 Å². The van der Waals surface area contributed by atoms with Crippen LogP contribution in [-0.2, 0) is 4.74 Å². The molecule has 0 aliphatic carbocycles. The van der Waals surface area contributed by atoms with Crippen molar-refractivity contribution in [3.8, 4) is 11.6 Å². The molecule has 0 amide bonds. The third-order valence-electron chi connectivity index (χ3n) is 2.14. The highest BCUT2D eigenvalue weighted by molar-refractivity contribution is 6.30. The van der Waals surface area contributed by atoms with Crippen molar-refractivity contribution in [3.63, 3.8) is 0 Å². The minimum atomic E-state index is -0.508. The van der Waals surface area contributed by atoms with Gasteiger partial charge in [-0.15, -0.1) is 0 Å². The first-order valence-electron chi connectivity index (χ1n) is 5.18. The summed E-state index contributed by atoms with van der Waals surface area (Å²) in [5.74, 6) is 0.351. The number of pyridine rings is 1. The van der Waals surface area contributed by atoms with Gasteiger partial charge in [0.25, 0.3) is 0 Å². The van der Waals surface area contributed by atoms with Crippen molar-refractivity contribution in [1.82, 2.24) is 4.98 Å². The third-order valence-corrected chi connectivity index (χ3v) is 2.37. The number of benzene rings is 1. The first-order chi connectivity index (χ1) is 8.69. The lowest BCUT2D eigenvalue weighted by atomic mass is 10.3. The second-order valence-corrected chi connectivity index (χ2v) is 3.85. The molecule has 0 N–H and O–H groups in total. The van der Waals surface area contributed by atoms with Gasteiger partial charge in [0.05, 0.1) is 7.11 Å². The summed E-state index contributed by atoms with van der Waals surface area (Å²) in [6.45, 7) is 0. The lowest BCUT2D eigenvalue weighted by Gasteiger charge is -2.05. The van der Waals surface area contributed by atoms with Crippen molar-refractivity contribution in [2.45, 2.75) is 0 Å². The Bertz CT molecular complexity index is 572. The largest absolute Gasteiger partial charge is 0.464 e. The zero-order valence-corrected chi connectivity index (χ0v) is 10.3. The van der Waals surface area contributed by atoms with Crippen LogP contribution in [0.3, 0.4) is 0 Å². The van der Waals surface area contributed by atoms with Crippen molar-refractivity contribution in [1.29, 1.82) is 0 Å². The fraction of sp³-hybridized carbons (Fsp3) is 0.0769. The number of carbonyl (C=O) groups excluding carboxylic acids is 1. The maximum absolute atomic E-state index is 11.3. The number of hydrogen-bond donors (Lipinski definition) is 0. The van der Waals surface area contributed by atoms with E-state index < -0.39 is 5.97 Å². The van der Waals surface area contributed by atoms with Crippen LogP contribution in [0.5, 0.6) is 11.6 Å². The molecule has 0 aliphatic heterocycles. The van der Waals surface area contributed by atoms with E-state index in [2.05, 4.69) is 9.72 Å². The summed E-state index contributed by atoms with van der Waals surface area (Å²) in [5, 5.41) is 0.566. The van der Waals surface area contributed by atoms with E-state index in [-0.39, 0.29) is 5.69 Å². The molecule has 0 saturated carbocycles. The number of carbonyl (C=O) groups is 1. The molecule has 0 aliphatic rings. The molecule has 0 spiro atoms. The fourth-order valence-electron chi connectivity index (χ4n) is 1.34. The van der Waals surface area contributed by atoms with E-state index in [1.807, 2.05) is 0 Å². The highest BCUT2D eigenvalue weighted by Crippen LogP contribution is 2.22. The standard InChI is InChI=1S/C13H10ClNO3/c1-17-13(16)11-6-3-7-12(15-11)18-10-5-2-4-9(14)8-10/h2-8H,1H3.